The lowest BCUT2D eigenvalue weighted by Crippen LogP contribution is -2.40. The number of nitrogens with one attached hydrogen (secondary N) is 1. The lowest BCUT2D eigenvalue weighted by Gasteiger charge is -2.23. The van der Waals surface area contributed by atoms with E-state index < -0.39 is 0 Å². The maximum atomic E-state index is 11.6. The third kappa shape index (κ3) is 4.91. The molecule has 0 aliphatic carbocycles. The van der Waals surface area contributed by atoms with Gasteiger partial charge in [-0.2, -0.15) is 0 Å². The molecule has 106 valence electrons. The van der Waals surface area contributed by atoms with Gasteiger partial charge in [0.1, 0.15) is 6.04 Å². The molecule has 0 radical (unpaired) electrons. The first kappa shape index (κ1) is 15.5. The normalized spacial score (nSPS) is 12.0. The summed E-state index contributed by atoms with van der Waals surface area (Å²) >= 11 is 0. The van der Waals surface area contributed by atoms with Crippen LogP contribution in [0.2, 0.25) is 0 Å². The van der Waals surface area contributed by atoms with Crippen molar-refractivity contribution in [3.63, 3.8) is 0 Å². The number of esters is 1. The SMILES string of the molecule is CCNC(CCN(C)c1cccc(C)c1)C(=O)OC. The summed E-state index contributed by atoms with van der Waals surface area (Å²) in [5, 5.41) is 3.15. The van der Waals surface area contributed by atoms with Crippen LogP contribution in [0.1, 0.15) is 18.9 Å². The molecule has 1 rings (SSSR count). The van der Waals surface area contributed by atoms with Crippen molar-refractivity contribution in [2.75, 3.05) is 32.1 Å². The van der Waals surface area contributed by atoms with Crippen LogP contribution in [0.25, 0.3) is 0 Å². The third-order valence-electron chi connectivity index (χ3n) is 3.13. The summed E-state index contributed by atoms with van der Waals surface area (Å²) in [5.74, 6) is -0.195. The zero-order valence-electron chi connectivity index (χ0n) is 12.3. The largest absolute Gasteiger partial charge is 0.468 e. The summed E-state index contributed by atoms with van der Waals surface area (Å²) in [6.45, 7) is 5.62. The fourth-order valence-corrected chi connectivity index (χ4v) is 2.01. The van der Waals surface area contributed by atoms with Gasteiger partial charge >= 0.3 is 5.97 Å². The molecule has 0 amide bonds. The monoisotopic (exact) mass is 264 g/mol. The van der Waals surface area contributed by atoms with E-state index in [4.69, 9.17) is 4.74 Å². The van der Waals surface area contributed by atoms with Crippen LogP contribution in [0, 0.1) is 6.92 Å². The molecule has 0 spiro atoms. The minimum atomic E-state index is -0.234. The van der Waals surface area contributed by atoms with Crippen LogP contribution in [-0.2, 0) is 9.53 Å². The Balaban J connectivity index is 2.56. The minimum Gasteiger partial charge on any atom is -0.468 e. The van der Waals surface area contributed by atoms with E-state index in [1.54, 1.807) is 0 Å². The molecule has 1 aromatic carbocycles. The first-order valence-electron chi connectivity index (χ1n) is 6.67. The van der Waals surface area contributed by atoms with Gasteiger partial charge in [-0.1, -0.05) is 19.1 Å². The van der Waals surface area contributed by atoms with Crippen molar-refractivity contribution in [3.05, 3.63) is 29.8 Å². The summed E-state index contributed by atoms with van der Waals surface area (Å²) in [7, 11) is 3.46. The quantitative estimate of drug-likeness (QED) is 0.765. The van der Waals surface area contributed by atoms with Crippen LogP contribution >= 0.6 is 0 Å². The number of nitrogens with zero attached hydrogens (tertiary/aromatic N) is 1. The molecular weight excluding hydrogens is 240 g/mol. The van der Waals surface area contributed by atoms with E-state index >= 15 is 0 Å². The number of anilines is 1. The van der Waals surface area contributed by atoms with E-state index in [-0.39, 0.29) is 12.0 Å². The maximum absolute atomic E-state index is 11.6. The van der Waals surface area contributed by atoms with Gasteiger partial charge in [-0.3, -0.25) is 4.79 Å². The van der Waals surface area contributed by atoms with Crippen LogP contribution in [0.5, 0.6) is 0 Å². The van der Waals surface area contributed by atoms with Gasteiger partial charge in [-0.25, -0.2) is 0 Å². The number of methoxy groups -OCH3 is 1. The number of hydrogen-bond donors (Lipinski definition) is 1. The zero-order valence-corrected chi connectivity index (χ0v) is 12.3. The topological polar surface area (TPSA) is 41.6 Å². The van der Waals surface area contributed by atoms with Gasteiger partial charge in [0, 0.05) is 19.3 Å². The highest BCUT2D eigenvalue weighted by molar-refractivity contribution is 5.75. The number of rotatable bonds is 7. The highest BCUT2D eigenvalue weighted by atomic mass is 16.5. The molecular formula is C15H24N2O2. The molecule has 19 heavy (non-hydrogen) atoms. The number of carbonyl (C=O) groups excluding carboxylic acids is 1. The molecule has 0 bridgehead atoms. The van der Waals surface area contributed by atoms with Crippen molar-refractivity contribution in [2.24, 2.45) is 0 Å². The molecule has 0 heterocycles. The smallest absolute Gasteiger partial charge is 0.322 e. The number of hydrogen-bond acceptors (Lipinski definition) is 4. The molecule has 1 unspecified atom stereocenters. The fourth-order valence-electron chi connectivity index (χ4n) is 2.01. The Morgan fingerprint density at radius 3 is 2.79 bits per heavy atom. The zero-order chi connectivity index (χ0) is 14.3. The summed E-state index contributed by atoms with van der Waals surface area (Å²) in [6.07, 6.45) is 0.727. The van der Waals surface area contributed by atoms with E-state index in [0.29, 0.717) is 0 Å². The molecule has 1 N–H and O–H groups in total. The molecule has 0 aliphatic heterocycles. The van der Waals surface area contributed by atoms with Crippen LogP contribution in [0.15, 0.2) is 24.3 Å². The number of likely N-dealkylation sites (N-methyl/N-ethyl adjacent to an activating group) is 1. The van der Waals surface area contributed by atoms with Crippen molar-refractivity contribution < 1.29 is 9.53 Å². The van der Waals surface area contributed by atoms with Crippen molar-refractivity contribution >= 4 is 11.7 Å². The lowest BCUT2D eigenvalue weighted by molar-refractivity contribution is -0.143. The summed E-state index contributed by atoms with van der Waals surface area (Å²) in [5.41, 5.74) is 2.40. The highest BCUT2D eigenvalue weighted by Crippen LogP contribution is 2.14. The average molecular weight is 264 g/mol. The van der Waals surface area contributed by atoms with Crippen LogP contribution in [0.3, 0.4) is 0 Å². The van der Waals surface area contributed by atoms with Gasteiger partial charge in [0.2, 0.25) is 0 Å². The standard InChI is InChI=1S/C15H24N2O2/c1-5-16-14(15(18)19-4)9-10-17(3)13-8-6-7-12(2)11-13/h6-8,11,14,16H,5,9-10H2,1-4H3. The first-order chi connectivity index (χ1) is 9.08. The second-order valence-corrected chi connectivity index (χ2v) is 4.68. The molecule has 0 saturated carbocycles. The molecule has 0 fully saturated rings. The van der Waals surface area contributed by atoms with E-state index in [1.165, 1.54) is 18.4 Å². The summed E-state index contributed by atoms with van der Waals surface area (Å²) in [6, 6.07) is 8.10. The molecule has 0 saturated heterocycles. The Morgan fingerprint density at radius 2 is 2.21 bits per heavy atom. The number of ether oxygens (including phenoxy) is 1. The lowest BCUT2D eigenvalue weighted by atomic mass is 10.1. The van der Waals surface area contributed by atoms with E-state index in [2.05, 4.69) is 35.3 Å². The van der Waals surface area contributed by atoms with Gasteiger partial charge in [-0.05, 0) is 37.6 Å². The molecule has 0 aliphatic rings. The maximum Gasteiger partial charge on any atom is 0.322 e. The number of benzene rings is 1. The van der Waals surface area contributed by atoms with Crippen LogP contribution in [0.4, 0.5) is 5.69 Å². The van der Waals surface area contributed by atoms with Crippen molar-refractivity contribution in [1.29, 1.82) is 0 Å². The Bertz CT molecular complexity index is 407. The van der Waals surface area contributed by atoms with E-state index in [0.717, 1.165) is 19.5 Å². The first-order valence-corrected chi connectivity index (χ1v) is 6.67. The van der Waals surface area contributed by atoms with Crippen molar-refractivity contribution in [3.8, 4) is 0 Å². The van der Waals surface area contributed by atoms with Crippen LogP contribution in [-0.4, -0.2) is 39.3 Å². The van der Waals surface area contributed by atoms with Gasteiger partial charge in [0.05, 0.1) is 7.11 Å². The van der Waals surface area contributed by atoms with E-state index in [1.807, 2.05) is 20.0 Å². The molecule has 1 atom stereocenters. The van der Waals surface area contributed by atoms with E-state index in [9.17, 15) is 4.79 Å². The van der Waals surface area contributed by atoms with Crippen molar-refractivity contribution in [1.82, 2.24) is 5.32 Å². The van der Waals surface area contributed by atoms with Crippen LogP contribution < -0.4 is 10.2 Å². The Labute approximate surface area is 115 Å². The van der Waals surface area contributed by atoms with Gasteiger partial charge in [-0.15, -0.1) is 0 Å². The molecule has 4 nitrogen and oxygen atoms in total. The summed E-state index contributed by atoms with van der Waals surface area (Å²) < 4.78 is 4.80. The fraction of sp³-hybridized carbons (Fsp3) is 0.533. The predicted octanol–water partition coefficient (Wildman–Crippen LogP) is 1.97. The average Bonchev–Trinajstić information content (AvgIpc) is 2.42. The minimum absolute atomic E-state index is 0.195. The Morgan fingerprint density at radius 1 is 1.47 bits per heavy atom. The highest BCUT2D eigenvalue weighted by Gasteiger charge is 2.18. The number of aryl methyl sites for hydroxylation is 1. The van der Waals surface area contributed by atoms with Gasteiger partial charge in [0.25, 0.3) is 0 Å². The summed E-state index contributed by atoms with van der Waals surface area (Å²) in [4.78, 5) is 13.8. The second kappa shape index (κ2) is 7.79. The van der Waals surface area contributed by atoms with Gasteiger partial charge in [0.15, 0.2) is 0 Å². The molecule has 4 heteroatoms. The Kier molecular flexibility index (Phi) is 6.36. The molecule has 0 aromatic heterocycles. The second-order valence-electron chi connectivity index (χ2n) is 4.68. The third-order valence-corrected chi connectivity index (χ3v) is 3.13. The Hall–Kier alpha value is -1.55. The predicted molar refractivity (Wildman–Crippen MR) is 78.5 cm³/mol. The van der Waals surface area contributed by atoms with Gasteiger partial charge < -0.3 is 15.0 Å². The number of carbonyl (C=O) groups is 1. The molecule has 1 aromatic rings. The van der Waals surface area contributed by atoms with Crippen molar-refractivity contribution in [2.45, 2.75) is 26.3 Å².